The third kappa shape index (κ3) is 6.17. The number of halogens is 1. The predicted molar refractivity (Wildman–Crippen MR) is 171 cm³/mol. The number of benzene rings is 2. The van der Waals surface area contributed by atoms with E-state index in [0.717, 1.165) is 35.4 Å². The van der Waals surface area contributed by atoms with E-state index in [1.54, 1.807) is 7.11 Å². The molecule has 0 spiro atoms. The third-order valence-electron chi connectivity index (χ3n) is 8.61. The Morgan fingerprint density at radius 1 is 0.953 bits per heavy atom. The molecule has 1 aliphatic heterocycles. The van der Waals surface area contributed by atoms with Crippen LogP contribution in [0.2, 0.25) is 0 Å². The van der Waals surface area contributed by atoms with Crippen LogP contribution < -0.4 is 14.8 Å². The van der Waals surface area contributed by atoms with Gasteiger partial charge >= 0.3 is 0 Å². The molecule has 2 aliphatic carbocycles. The molecule has 228 valence electrons. The Hall–Kier alpha value is -3.39. The fourth-order valence-corrected chi connectivity index (χ4v) is 7.36. The van der Waals surface area contributed by atoms with Crippen molar-refractivity contribution in [2.45, 2.75) is 73.1 Å². The van der Waals surface area contributed by atoms with Crippen molar-refractivity contribution in [1.29, 1.82) is 0 Å². The molecule has 1 N–H and O–H groups in total. The summed E-state index contributed by atoms with van der Waals surface area (Å²) in [5, 5.41) is 2.84. The molecule has 2 aromatic rings. The number of hydrogen-bond acceptors (Lipinski definition) is 6. The maximum atomic E-state index is 13.9. The molecule has 1 amide bonds. The van der Waals surface area contributed by atoms with E-state index in [4.69, 9.17) is 9.47 Å². The van der Waals surface area contributed by atoms with Gasteiger partial charge in [-0.1, -0.05) is 45.4 Å². The van der Waals surface area contributed by atoms with Gasteiger partial charge in [-0.25, -0.2) is 0 Å². The normalized spacial score (nSPS) is 19.7. The molecule has 0 saturated heterocycles. The quantitative estimate of drug-likeness (QED) is 0.335. The van der Waals surface area contributed by atoms with Gasteiger partial charge in [0.2, 0.25) is 0 Å². The van der Waals surface area contributed by atoms with E-state index in [2.05, 4.69) is 60.8 Å². The van der Waals surface area contributed by atoms with Crippen molar-refractivity contribution < 1.29 is 23.9 Å². The summed E-state index contributed by atoms with van der Waals surface area (Å²) in [7, 11) is 1.54. The van der Waals surface area contributed by atoms with Gasteiger partial charge in [-0.2, -0.15) is 0 Å². The van der Waals surface area contributed by atoms with Crippen LogP contribution in [0.25, 0.3) is 0 Å². The zero-order valence-electron chi connectivity index (χ0n) is 26.2. The monoisotopic (exact) mass is 648 g/mol. The molecule has 0 bridgehead atoms. The van der Waals surface area contributed by atoms with Crippen molar-refractivity contribution in [3.05, 3.63) is 74.5 Å². The Balaban J connectivity index is 1.54. The number of hydrogen-bond donors (Lipinski definition) is 1. The highest BCUT2D eigenvalue weighted by Gasteiger charge is 2.48. The first kappa shape index (κ1) is 31.0. The van der Waals surface area contributed by atoms with Crippen molar-refractivity contribution in [2.75, 3.05) is 25.6 Å². The van der Waals surface area contributed by atoms with Gasteiger partial charge in [0.1, 0.15) is 0 Å². The van der Waals surface area contributed by atoms with Crippen LogP contribution in [0.3, 0.4) is 0 Å². The van der Waals surface area contributed by atoms with Crippen LogP contribution in [0, 0.1) is 17.8 Å². The Bertz CT molecular complexity index is 1500. The number of amides is 1. The van der Waals surface area contributed by atoms with Crippen molar-refractivity contribution in [3.63, 3.8) is 0 Å². The lowest BCUT2D eigenvalue weighted by molar-refractivity contribution is -0.120. The zero-order chi connectivity index (χ0) is 31.3. The summed E-state index contributed by atoms with van der Waals surface area (Å²) in [6, 6.07) is 11.3. The van der Waals surface area contributed by atoms with Gasteiger partial charge in [-0.15, -0.1) is 0 Å². The lowest BCUT2D eigenvalue weighted by Gasteiger charge is -2.49. The fourth-order valence-electron chi connectivity index (χ4n) is 6.78. The smallest absolute Gasteiger partial charge is 0.262 e. The Morgan fingerprint density at radius 3 is 2.02 bits per heavy atom. The number of nitrogens with one attached hydrogen (secondary N) is 1. The molecule has 0 saturated carbocycles. The maximum absolute atomic E-state index is 13.9. The molecule has 8 heteroatoms. The highest BCUT2D eigenvalue weighted by molar-refractivity contribution is 9.10. The van der Waals surface area contributed by atoms with Crippen LogP contribution in [0.15, 0.2) is 63.4 Å². The summed E-state index contributed by atoms with van der Waals surface area (Å²) in [4.78, 5) is 42.7. The Labute approximate surface area is 262 Å². The van der Waals surface area contributed by atoms with Crippen molar-refractivity contribution in [3.8, 4) is 11.5 Å². The largest absolute Gasteiger partial charge is 0.493 e. The Kier molecular flexibility index (Phi) is 8.38. The number of anilines is 1. The number of methoxy groups -OCH3 is 1. The van der Waals surface area contributed by atoms with E-state index in [1.807, 2.05) is 43.3 Å². The molecule has 1 heterocycles. The summed E-state index contributed by atoms with van der Waals surface area (Å²) < 4.78 is 12.3. The summed E-state index contributed by atoms with van der Waals surface area (Å²) in [5.74, 6) is 0.173. The third-order valence-corrected chi connectivity index (χ3v) is 9.20. The predicted octanol–water partition coefficient (Wildman–Crippen LogP) is 7.49. The van der Waals surface area contributed by atoms with Crippen LogP contribution in [0.4, 0.5) is 5.69 Å². The minimum atomic E-state index is -0.496. The molecule has 0 aromatic heterocycles. The lowest BCUT2D eigenvalue weighted by atomic mass is 9.63. The number of carbonyl (C=O) groups is 3. The molecule has 0 unspecified atom stereocenters. The average Bonchev–Trinajstić information content (AvgIpc) is 2.91. The fraction of sp³-hybridized carbons (Fsp3) is 0.457. The number of aryl methyl sites for hydroxylation is 1. The van der Waals surface area contributed by atoms with Gasteiger partial charge in [0.05, 0.1) is 11.6 Å². The molecule has 0 atom stereocenters. The molecule has 0 fully saturated rings. The number of ether oxygens (including phenoxy) is 2. The summed E-state index contributed by atoms with van der Waals surface area (Å²) >= 11 is 3.65. The standard InChI is InChI=1S/C35H41BrN2O5/c1-8-38-24-15-34(3,4)17-26(39)31(24)30(32-25(38)16-35(5,6)18-27(32)40)21-13-23(36)33(28(14-21)42-7)43-19-29(41)37-22-11-9-20(2)10-12-22/h9-14,30H,8,15-19H2,1-7H3,(H,37,41). The second kappa shape index (κ2) is 11.6. The van der Waals surface area contributed by atoms with Crippen LogP contribution in [0.1, 0.15) is 77.3 Å². The first-order valence-electron chi connectivity index (χ1n) is 14.9. The van der Waals surface area contributed by atoms with E-state index in [0.29, 0.717) is 52.2 Å². The molecule has 3 aliphatic rings. The molecule has 5 rings (SSSR count). The molecule has 7 nitrogen and oxygen atoms in total. The zero-order valence-corrected chi connectivity index (χ0v) is 27.7. The van der Waals surface area contributed by atoms with Gasteiger partial charge < -0.3 is 19.7 Å². The van der Waals surface area contributed by atoms with Crippen molar-refractivity contribution in [1.82, 2.24) is 4.90 Å². The number of nitrogens with zero attached hydrogens (tertiary/aromatic N) is 1. The maximum Gasteiger partial charge on any atom is 0.262 e. The lowest BCUT2D eigenvalue weighted by Crippen LogP contribution is -2.44. The van der Waals surface area contributed by atoms with Gasteiger partial charge in [-0.3, -0.25) is 14.4 Å². The minimum Gasteiger partial charge on any atom is -0.493 e. The molecule has 0 radical (unpaired) electrons. The van der Waals surface area contributed by atoms with E-state index in [-0.39, 0.29) is 34.9 Å². The minimum absolute atomic E-state index is 0.0853. The van der Waals surface area contributed by atoms with Crippen molar-refractivity contribution >= 4 is 39.1 Å². The number of Topliss-reactive ketones (excluding diaryl/α,β-unsaturated/α-hetero) is 2. The molecular formula is C35H41BrN2O5. The van der Waals surface area contributed by atoms with Gasteiger partial charge in [0.15, 0.2) is 29.7 Å². The van der Waals surface area contributed by atoms with E-state index >= 15 is 0 Å². The molecule has 43 heavy (non-hydrogen) atoms. The van der Waals surface area contributed by atoms with Crippen LogP contribution in [-0.2, 0) is 14.4 Å². The second-order valence-corrected chi connectivity index (χ2v) is 14.4. The topological polar surface area (TPSA) is 84.9 Å². The van der Waals surface area contributed by atoms with Crippen molar-refractivity contribution in [2.24, 2.45) is 10.8 Å². The Morgan fingerprint density at radius 2 is 1.51 bits per heavy atom. The van der Waals surface area contributed by atoms with E-state index in [1.165, 1.54) is 0 Å². The van der Waals surface area contributed by atoms with E-state index < -0.39 is 5.92 Å². The number of rotatable bonds is 7. The SMILES string of the molecule is CCN1C2=C(C(=O)CC(C)(C)C2)C(c2cc(Br)c(OCC(=O)Nc3ccc(C)cc3)c(OC)c2)C2=C1CC(C)(C)CC2=O. The van der Waals surface area contributed by atoms with Gasteiger partial charge in [-0.05, 0) is 83.3 Å². The number of ketones is 2. The van der Waals surface area contributed by atoms with Gasteiger partial charge in [0.25, 0.3) is 5.91 Å². The first-order chi connectivity index (χ1) is 20.2. The van der Waals surface area contributed by atoms with Crippen LogP contribution in [-0.4, -0.2) is 42.6 Å². The molecule has 2 aromatic carbocycles. The molecular weight excluding hydrogens is 608 g/mol. The number of carbonyl (C=O) groups excluding carboxylic acids is 3. The second-order valence-electron chi connectivity index (χ2n) is 13.5. The number of allylic oxidation sites excluding steroid dienone is 4. The summed E-state index contributed by atoms with van der Waals surface area (Å²) in [5.41, 5.74) is 5.73. The first-order valence-corrected chi connectivity index (χ1v) is 15.7. The summed E-state index contributed by atoms with van der Waals surface area (Å²) in [6.45, 7) is 13.1. The van der Waals surface area contributed by atoms with Crippen LogP contribution >= 0.6 is 15.9 Å². The average molecular weight is 650 g/mol. The van der Waals surface area contributed by atoms with Crippen LogP contribution in [0.5, 0.6) is 11.5 Å². The summed E-state index contributed by atoms with van der Waals surface area (Å²) in [6.07, 6.45) is 2.38. The van der Waals surface area contributed by atoms with Gasteiger partial charge in [0, 0.05) is 53.5 Å². The van der Waals surface area contributed by atoms with E-state index in [9.17, 15) is 14.4 Å². The highest BCUT2D eigenvalue weighted by atomic mass is 79.9. The highest BCUT2D eigenvalue weighted by Crippen LogP contribution is 2.55.